The molecule has 132 valence electrons. The van der Waals surface area contributed by atoms with E-state index in [9.17, 15) is 9.90 Å². The molecular weight excluding hydrogens is 338 g/mol. The second-order valence-corrected chi connectivity index (χ2v) is 6.70. The van der Waals surface area contributed by atoms with Crippen LogP contribution in [0.15, 0.2) is 54.6 Å². The van der Waals surface area contributed by atoms with Crippen LogP contribution in [0.2, 0.25) is 5.02 Å². The Balaban J connectivity index is 1.48. The number of aliphatic hydroxyl groups is 1. The van der Waals surface area contributed by atoms with Gasteiger partial charge in [0.15, 0.2) is 6.61 Å². The number of likely N-dealkylation sites (tertiary alicyclic amines) is 1. The third kappa shape index (κ3) is 4.53. The van der Waals surface area contributed by atoms with E-state index in [1.807, 2.05) is 42.5 Å². The molecule has 1 N–H and O–H groups in total. The van der Waals surface area contributed by atoms with Gasteiger partial charge in [-0.3, -0.25) is 4.79 Å². The third-order valence-corrected chi connectivity index (χ3v) is 4.98. The zero-order valence-electron chi connectivity index (χ0n) is 14.0. The number of piperidine rings is 1. The Kier molecular flexibility index (Phi) is 5.95. The first-order valence-corrected chi connectivity index (χ1v) is 8.91. The molecule has 1 amide bonds. The zero-order chi connectivity index (χ0) is 17.6. The van der Waals surface area contributed by atoms with Crippen LogP contribution in [0.5, 0.6) is 5.75 Å². The van der Waals surface area contributed by atoms with Crippen molar-refractivity contribution in [1.29, 1.82) is 0 Å². The van der Waals surface area contributed by atoms with Gasteiger partial charge in [0.2, 0.25) is 0 Å². The number of halogens is 1. The molecule has 1 atom stereocenters. The zero-order valence-corrected chi connectivity index (χ0v) is 14.7. The van der Waals surface area contributed by atoms with Crippen molar-refractivity contribution in [3.8, 4) is 5.75 Å². The molecule has 1 fully saturated rings. The van der Waals surface area contributed by atoms with Crippen molar-refractivity contribution in [2.75, 3.05) is 19.7 Å². The molecule has 3 rings (SSSR count). The van der Waals surface area contributed by atoms with Gasteiger partial charge in [-0.1, -0.05) is 54.1 Å². The summed E-state index contributed by atoms with van der Waals surface area (Å²) in [6.45, 7) is 1.26. The molecule has 2 aromatic carbocycles. The van der Waals surface area contributed by atoms with Crippen molar-refractivity contribution in [3.63, 3.8) is 0 Å². The predicted octanol–water partition coefficient (Wildman–Crippen LogP) is 3.69. The van der Waals surface area contributed by atoms with E-state index in [4.69, 9.17) is 16.3 Å². The van der Waals surface area contributed by atoms with Crippen LogP contribution in [0.1, 0.15) is 24.5 Å². The number of hydrogen-bond donors (Lipinski definition) is 1. The quantitative estimate of drug-likeness (QED) is 0.885. The van der Waals surface area contributed by atoms with Gasteiger partial charge in [-0.15, -0.1) is 0 Å². The van der Waals surface area contributed by atoms with Crippen LogP contribution in [0.4, 0.5) is 0 Å². The average molecular weight is 360 g/mol. The second-order valence-electron chi connectivity index (χ2n) is 6.29. The van der Waals surface area contributed by atoms with Crippen LogP contribution >= 0.6 is 11.6 Å². The molecule has 2 aromatic rings. The highest BCUT2D eigenvalue weighted by Gasteiger charge is 2.28. The molecule has 1 aliphatic heterocycles. The molecule has 0 bridgehead atoms. The fourth-order valence-corrected chi connectivity index (χ4v) is 3.37. The molecule has 0 aromatic heterocycles. The number of aliphatic hydroxyl groups excluding tert-OH is 1. The summed E-state index contributed by atoms with van der Waals surface area (Å²) in [7, 11) is 0. The Morgan fingerprint density at radius 1 is 1.12 bits per heavy atom. The molecule has 1 saturated heterocycles. The summed E-state index contributed by atoms with van der Waals surface area (Å²) >= 11 is 6.03. The van der Waals surface area contributed by atoms with Crippen LogP contribution in [-0.4, -0.2) is 35.6 Å². The van der Waals surface area contributed by atoms with Crippen LogP contribution in [-0.2, 0) is 4.79 Å². The molecule has 0 spiro atoms. The third-order valence-electron chi connectivity index (χ3n) is 4.67. The van der Waals surface area contributed by atoms with Gasteiger partial charge in [0, 0.05) is 13.1 Å². The summed E-state index contributed by atoms with van der Waals surface area (Å²) in [4.78, 5) is 14.1. The van der Waals surface area contributed by atoms with Gasteiger partial charge in [0.25, 0.3) is 5.91 Å². The molecule has 25 heavy (non-hydrogen) atoms. The van der Waals surface area contributed by atoms with Gasteiger partial charge < -0.3 is 14.7 Å². The van der Waals surface area contributed by atoms with Crippen LogP contribution < -0.4 is 4.74 Å². The lowest BCUT2D eigenvalue weighted by atomic mass is 9.87. The average Bonchev–Trinajstić information content (AvgIpc) is 2.67. The van der Waals surface area contributed by atoms with Crippen molar-refractivity contribution >= 4 is 17.5 Å². The van der Waals surface area contributed by atoms with E-state index in [1.54, 1.807) is 17.0 Å². The number of carbonyl (C=O) groups is 1. The summed E-state index contributed by atoms with van der Waals surface area (Å²) in [6.07, 6.45) is 1.10. The number of carbonyl (C=O) groups excluding carboxylic acids is 1. The van der Waals surface area contributed by atoms with E-state index in [0.29, 0.717) is 23.9 Å². The van der Waals surface area contributed by atoms with E-state index in [0.717, 1.165) is 18.4 Å². The Bertz CT molecular complexity index is 699. The summed E-state index contributed by atoms with van der Waals surface area (Å²) in [6, 6.07) is 16.8. The highest BCUT2D eigenvalue weighted by molar-refractivity contribution is 6.32. The van der Waals surface area contributed by atoms with Crippen LogP contribution in [0.25, 0.3) is 0 Å². The second kappa shape index (κ2) is 8.37. The Labute approximate surface area is 153 Å². The summed E-state index contributed by atoms with van der Waals surface area (Å²) < 4.78 is 5.52. The summed E-state index contributed by atoms with van der Waals surface area (Å²) in [5.74, 6) is 0.649. The van der Waals surface area contributed by atoms with Crippen LogP contribution in [0.3, 0.4) is 0 Å². The number of nitrogens with zero attached hydrogens (tertiary/aromatic N) is 1. The van der Waals surface area contributed by atoms with E-state index in [1.165, 1.54) is 0 Å². The van der Waals surface area contributed by atoms with Crippen molar-refractivity contribution in [2.45, 2.75) is 18.9 Å². The van der Waals surface area contributed by atoms with Crippen molar-refractivity contribution in [3.05, 3.63) is 65.2 Å². The molecular formula is C20H22ClNO3. The Morgan fingerprint density at radius 2 is 1.76 bits per heavy atom. The summed E-state index contributed by atoms with van der Waals surface area (Å²) in [5.41, 5.74) is 0.939. The monoisotopic (exact) mass is 359 g/mol. The minimum absolute atomic E-state index is 0.0182. The van der Waals surface area contributed by atoms with Crippen molar-refractivity contribution < 1.29 is 14.6 Å². The van der Waals surface area contributed by atoms with Gasteiger partial charge in [0.05, 0.1) is 11.1 Å². The molecule has 0 radical (unpaired) electrons. The number of para-hydroxylation sites is 1. The topological polar surface area (TPSA) is 49.8 Å². The fourth-order valence-electron chi connectivity index (χ4n) is 3.18. The lowest BCUT2D eigenvalue weighted by Crippen LogP contribution is -2.42. The molecule has 0 aliphatic carbocycles. The molecule has 4 nitrogen and oxygen atoms in total. The predicted molar refractivity (Wildman–Crippen MR) is 97.7 cm³/mol. The van der Waals surface area contributed by atoms with E-state index >= 15 is 0 Å². The SMILES string of the molecule is O=C(COc1ccccc1Cl)N1CCC(C(O)c2ccccc2)CC1. The first-order valence-electron chi connectivity index (χ1n) is 8.53. The lowest BCUT2D eigenvalue weighted by molar-refractivity contribution is -0.135. The number of hydrogen-bond acceptors (Lipinski definition) is 3. The van der Waals surface area contributed by atoms with E-state index in [-0.39, 0.29) is 18.4 Å². The number of amides is 1. The first kappa shape index (κ1) is 17.8. The van der Waals surface area contributed by atoms with Crippen molar-refractivity contribution in [2.24, 2.45) is 5.92 Å². The number of benzene rings is 2. The van der Waals surface area contributed by atoms with E-state index in [2.05, 4.69) is 0 Å². The van der Waals surface area contributed by atoms with E-state index < -0.39 is 6.10 Å². The van der Waals surface area contributed by atoms with Crippen molar-refractivity contribution in [1.82, 2.24) is 4.90 Å². The molecule has 0 saturated carbocycles. The molecule has 5 heteroatoms. The van der Waals surface area contributed by atoms with Gasteiger partial charge in [0.1, 0.15) is 5.75 Å². The number of rotatable bonds is 5. The Hall–Kier alpha value is -2.04. The number of ether oxygens (including phenoxy) is 1. The van der Waals surface area contributed by atoms with Gasteiger partial charge in [-0.2, -0.15) is 0 Å². The minimum atomic E-state index is -0.474. The van der Waals surface area contributed by atoms with Gasteiger partial charge in [-0.25, -0.2) is 0 Å². The molecule has 1 heterocycles. The maximum Gasteiger partial charge on any atom is 0.260 e. The molecule has 1 aliphatic rings. The smallest absolute Gasteiger partial charge is 0.260 e. The largest absolute Gasteiger partial charge is 0.482 e. The standard InChI is InChI=1S/C20H22ClNO3/c21-17-8-4-5-9-18(17)25-14-19(23)22-12-10-16(11-13-22)20(24)15-6-2-1-3-7-15/h1-9,16,20,24H,10-14H2. The first-order chi connectivity index (χ1) is 12.1. The van der Waals surface area contributed by atoms with Gasteiger partial charge >= 0.3 is 0 Å². The maximum absolute atomic E-state index is 12.3. The molecule has 1 unspecified atom stereocenters. The minimum Gasteiger partial charge on any atom is -0.482 e. The van der Waals surface area contributed by atoms with Gasteiger partial charge in [-0.05, 0) is 36.5 Å². The fraction of sp³-hybridized carbons (Fsp3) is 0.350. The maximum atomic E-state index is 12.3. The highest BCUT2D eigenvalue weighted by atomic mass is 35.5. The Morgan fingerprint density at radius 3 is 2.44 bits per heavy atom. The highest BCUT2D eigenvalue weighted by Crippen LogP contribution is 2.30. The lowest BCUT2D eigenvalue weighted by Gasteiger charge is -2.34. The normalized spacial score (nSPS) is 16.5. The van der Waals surface area contributed by atoms with Crippen LogP contribution in [0, 0.1) is 5.92 Å². The summed E-state index contributed by atoms with van der Waals surface area (Å²) in [5, 5.41) is 11.0.